The smallest absolute Gasteiger partial charge is 0.329 e. The van der Waals surface area contributed by atoms with Gasteiger partial charge in [-0.2, -0.15) is 0 Å². The Kier molecular flexibility index (Phi) is 4.97. The third-order valence-corrected chi connectivity index (χ3v) is 3.17. The summed E-state index contributed by atoms with van der Waals surface area (Å²) in [7, 11) is 0. The Morgan fingerprint density at radius 1 is 1.25 bits per heavy atom. The third kappa shape index (κ3) is 2.97. The lowest BCUT2D eigenvalue weighted by molar-refractivity contribution is -0.158. The Morgan fingerprint density at radius 3 is 1.94 bits per heavy atom. The van der Waals surface area contributed by atoms with Gasteiger partial charge in [-0.1, -0.05) is 20.8 Å². The highest BCUT2D eigenvalue weighted by Gasteiger charge is 2.38. The van der Waals surface area contributed by atoms with E-state index in [1.54, 1.807) is 20.8 Å². The van der Waals surface area contributed by atoms with E-state index in [-0.39, 0.29) is 17.7 Å². The maximum absolute atomic E-state index is 12.1. The average molecular weight is 229 g/mol. The minimum Gasteiger partial charge on any atom is -0.480 e. The van der Waals surface area contributed by atoms with Gasteiger partial charge >= 0.3 is 5.97 Å². The summed E-state index contributed by atoms with van der Waals surface area (Å²) in [6.07, 6.45) is 0. The molecule has 1 N–H and O–H groups in total. The molecule has 0 radical (unpaired) electrons. The number of carbonyl (C=O) groups excluding carboxylic acids is 1. The summed E-state index contributed by atoms with van der Waals surface area (Å²) in [5.41, 5.74) is -1.14. The fraction of sp³-hybridized carbons (Fsp3) is 0.833. The number of nitrogens with zero attached hydrogens (tertiary/aromatic N) is 1. The molecule has 0 aliphatic heterocycles. The summed E-state index contributed by atoms with van der Waals surface area (Å²) in [5, 5.41) is 9.12. The summed E-state index contributed by atoms with van der Waals surface area (Å²) < 4.78 is 0. The van der Waals surface area contributed by atoms with Crippen LogP contribution < -0.4 is 0 Å². The number of hydrogen-bond donors (Lipinski definition) is 1. The summed E-state index contributed by atoms with van der Waals surface area (Å²) in [4.78, 5) is 24.7. The van der Waals surface area contributed by atoms with Crippen molar-refractivity contribution < 1.29 is 14.7 Å². The molecule has 0 bridgehead atoms. The highest BCUT2D eigenvalue weighted by molar-refractivity contribution is 5.87. The largest absolute Gasteiger partial charge is 0.480 e. The molecule has 0 saturated carbocycles. The maximum Gasteiger partial charge on any atom is 0.329 e. The first-order valence-electron chi connectivity index (χ1n) is 5.71. The van der Waals surface area contributed by atoms with Crippen molar-refractivity contribution in [3.63, 3.8) is 0 Å². The lowest BCUT2D eigenvalue weighted by atomic mass is 9.93. The SMILES string of the molecule is CCN(C(=O)C(C)C(C)C)C(C)(C)C(=O)O. The lowest BCUT2D eigenvalue weighted by Gasteiger charge is -2.36. The van der Waals surface area contributed by atoms with Crippen LogP contribution in [-0.4, -0.2) is 34.0 Å². The molecule has 0 rings (SSSR count). The molecular formula is C12H23NO3. The fourth-order valence-corrected chi connectivity index (χ4v) is 1.47. The monoisotopic (exact) mass is 229 g/mol. The second-order valence-electron chi connectivity index (χ2n) is 4.98. The van der Waals surface area contributed by atoms with E-state index in [1.807, 2.05) is 20.8 Å². The summed E-state index contributed by atoms with van der Waals surface area (Å²) in [6, 6.07) is 0. The van der Waals surface area contributed by atoms with Crippen LogP contribution in [-0.2, 0) is 9.59 Å². The van der Waals surface area contributed by atoms with Gasteiger partial charge in [-0.15, -0.1) is 0 Å². The lowest BCUT2D eigenvalue weighted by Crippen LogP contribution is -2.54. The zero-order valence-electron chi connectivity index (χ0n) is 11.1. The predicted molar refractivity (Wildman–Crippen MR) is 63.1 cm³/mol. The molecule has 0 heterocycles. The molecular weight excluding hydrogens is 206 g/mol. The van der Waals surface area contributed by atoms with Crippen LogP contribution in [0.3, 0.4) is 0 Å². The number of carboxylic acids is 1. The van der Waals surface area contributed by atoms with Crippen molar-refractivity contribution in [3.8, 4) is 0 Å². The molecule has 0 aromatic carbocycles. The van der Waals surface area contributed by atoms with Crippen molar-refractivity contribution >= 4 is 11.9 Å². The van der Waals surface area contributed by atoms with Gasteiger partial charge in [-0.3, -0.25) is 4.79 Å². The Labute approximate surface area is 97.6 Å². The minimum atomic E-state index is -1.14. The quantitative estimate of drug-likeness (QED) is 0.784. The van der Waals surface area contributed by atoms with Crippen LogP contribution in [0.2, 0.25) is 0 Å². The Balaban J connectivity index is 5.01. The van der Waals surface area contributed by atoms with Crippen molar-refractivity contribution in [2.75, 3.05) is 6.54 Å². The van der Waals surface area contributed by atoms with Crippen molar-refractivity contribution in [1.29, 1.82) is 0 Å². The second kappa shape index (κ2) is 5.32. The number of likely N-dealkylation sites (N-methyl/N-ethyl adjacent to an activating group) is 1. The molecule has 0 spiro atoms. The Bertz CT molecular complexity index is 271. The Morgan fingerprint density at radius 2 is 1.69 bits per heavy atom. The van der Waals surface area contributed by atoms with Gasteiger partial charge in [-0.05, 0) is 26.7 Å². The number of aliphatic carboxylic acids is 1. The molecule has 0 aromatic heterocycles. The number of rotatable bonds is 5. The van der Waals surface area contributed by atoms with E-state index < -0.39 is 11.5 Å². The van der Waals surface area contributed by atoms with Crippen LogP contribution >= 0.6 is 0 Å². The van der Waals surface area contributed by atoms with Gasteiger partial charge in [0.2, 0.25) is 5.91 Å². The van der Waals surface area contributed by atoms with Gasteiger partial charge in [0.1, 0.15) is 5.54 Å². The molecule has 0 fully saturated rings. The molecule has 1 atom stereocenters. The number of amides is 1. The normalized spacial score (nSPS) is 13.7. The number of carbonyl (C=O) groups is 2. The van der Waals surface area contributed by atoms with Crippen LogP contribution in [0, 0.1) is 11.8 Å². The summed E-state index contributed by atoms with van der Waals surface area (Å²) in [5.74, 6) is -1.01. The summed E-state index contributed by atoms with van der Waals surface area (Å²) in [6.45, 7) is 11.1. The van der Waals surface area contributed by atoms with Crippen LogP contribution in [0.25, 0.3) is 0 Å². The molecule has 1 unspecified atom stereocenters. The first kappa shape index (κ1) is 14.9. The zero-order chi connectivity index (χ0) is 13.1. The van der Waals surface area contributed by atoms with E-state index in [0.29, 0.717) is 6.54 Å². The maximum atomic E-state index is 12.1. The van der Waals surface area contributed by atoms with Gasteiger partial charge in [0.25, 0.3) is 0 Å². The van der Waals surface area contributed by atoms with Crippen molar-refractivity contribution in [2.45, 2.75) is 47.1 Å². The standard InChI is InChI=1S/C12H23NO3/c1-7-13(12(5,6)11(15)16)10(14)9(4)8(2)3/h8-9H,7H2,1-6H3,(H,15,16). The van der Waals surface area contributed by atoms with Gasteiger partial charge in [0.15, 0.2) is 0 Å². The van der Waals surface area contributed by atoms with Crippen molar-refractivity contribution in [1.82, 2.24) is 4.90 Å². The highest BCUT2D eigenvalue weighted by Crippen LogP contribution is 2.21. The fourth-order valence-electron chi connectivity index (χ4n) is 1.47. The van der Waals surface area contributed by atoms with Crippen molar-refractivity contribution in [2.24, 2.45) is 11.8 Å². The topological polar surface area (TPSA) is 57.6 Å². The minimum absolute atomic E-state index is 0.0927. The molecule has 0 saturated heterocycles. The van der Waals surface area contributed by atoms with Crippen molar-refractivity contribution in [3.05, 3.63) is 0 Å². The number of carboxylic acid groups (broad SMARTS) is 1. The first-order chi connectivity index (χ1) is 7.16. The predicted octanol–water partition coefficient (Wildman–Crippen LogP) is 1.99. The van der Waals surface area contributed by atoms with E-state index in [2.05, 4.69) is 0 Å². The van der Waals surface area contributed by atoms with Crippen LogP contribution in [0.15, 0.2) is 0 Å². The molecule has 16 heavy (non-hydrogen) atoms. The molecule has 0 aromatic rings. The van der Waals surface area contributed by atoms with Gasteiger partial charge in [-0.25, -0.2) is 4.79 Å². The highest BCUT2D eigenvalue weighted by atomic mass is 16.4. The second-order valence-corrected chi connectivity index (χ2v) is 4.98. The van der Waals surface area contributed by atoms with E-state index in [4.69, 9.17) is 5.11 Å². The van der Waals surface area contributed by atoms with Crippen LogP contribution in [0.4, 0.5) is 0 Å². The molecule has 4 nitrogen and oxygen atoms in total. The molecule has 4 heteroatoms. The molecule has 0 aliphatic rings. The van der Waals surface area contributed by atoms with Gasteiger partial charge < -0.3 is 10.0 Å². The van der Waals surface area contributed by atoms with E-state index in [1.165, 1.54) is 4.90 Å². The Hall–Kier alpha value is -1.06. The van der Waals surface area contributed by atoms with Gasteiger partial charge in [0.05, 0.1) is 0 Å². The van der Waals surface area contributed by atoms with Crippen LogP contribution in [0.1, 0.15) is 41.5 Å². The van der Waals surface area contributed by atoms with Gasteiger partial charge in [0, 0.05) is 12.5 Å². The molecule has 94 valence electrons. The van der Waals surface area contributed by atoms with E-state index in [9.17, 15) is 9.59 Å². The van der Waals surface area contributed by atoms with E-state index in [0.717, 1.165) is 0 Å². The zero-order valence-corrected chi connectivity index (χ0v) is 11.1. The van der Waals surface area contributed by atoms with E-state index >= 15 is 0 Å². The average Bonchev–Trinajstić information content (AvgIpc) is 2.16. The number of hydrogen-bond acceptors (Lipinski definition) is 2. The third-order valence-electron chi connectivity index (χ3n) is 3.17. The first-order valence-corrected chi connectivity index (χ1v) is 5.71. The van der Waals surface area contributed by atoms with Crippen LogP contribution in [0.5, 0.6) is 0 Å². The molecule has 0 aliphatic carbocycles. The summed E-state index contributed by atoms with van der Waals surface area (Å²) >= 11 is 0. The molecule has 1 amide bonds.